The largest absolute Gasteiger partial charge is 0.479 e. The molecule has 0 aliphatic heterocycles. The Hall–Kier alpha value is -0.320. The summed E-state index contributed by atoms with van der Waals surface area (Å²) in [5.74, 6) is -1.41. The number of aliphatic hydroxyl groups excluding tert-OH is 2. The molecule has 0 bridgehead atoms. The minimum Gasteiger partial charge on any atom is -0.479 e. The molecule has 0 heterocycles. The Balaban J connectivity index is 3.56. The number of rotatable bonds is 4. The fraction of sp³-hybridized carbons (Fsp3) is 0.800. The maximum atomic E-state index is 9.95. The summed E-state index contributed by atoms with van der Waals surface area (Å²) in [5, 5.41) is 25.5. The molecular weight excluding hydrogens is 160 g/mol. The van der Waals surface area contributed by atoms with Crippen LogP contribution in [0.3, 0.4) is 0 Å². The molecular formula is C5H9ClO4. The smallest absolute Gasteiger partial charge is 0.332 e. The number of aliphatic carboxylic acids is 1. The minimum atomic E-state index is -1.52. The van der Waals surface area contributed by atoms with Crippen molar-refractivity contribution < 1.29 is 20.1 Å². The summed E-state index contributed by atoms with van der Waals surface area (Å²) in [7, 11) is 0. The lowest BCUT2D eigenvalue weighted by atomic mass is 10.2. The van der Waals surface area contributed by atoms with Crippen LogP contribution >= 0.6 is 11.6 Å². The number of hydrogen-bond donors (Lipinski definition) is 3. The quantitative estimate of drug-likeness (QED) is 0.491. The molecule has 0 fully saturated rings. The van der Waals surface area contributed by atoms with E-state index in [2.05, 4.69) is 0 Å². The summed E-state index contributed by atoms with van der Waals surface area (Å²) in [6.45, 7) is 0. The van der Waals surface area contributed by atoms with E-state index in [-0.39, 0.29) is 12.3 Å². The highest BCUT2D eigenvalue weighted by Crippen LogP contribution is 1.99. The molecule has 10 heavy (non-hydrogen) atoms. The highest BCUT2D eigenvalue weighted by atomic mass is 35.5. The van der Waals surface area contributed by atoms with Gasteiger partial charge < -0.3 is 15.3 Å². The van der Waals surface area contributed by atoms with Gasteiger partial charge in [-0.3, -0.25) is 0 Å². The van der Waals surface area contributed by atoms with Gasteiger partial charge in [-0.25, -0.2) is 4.79 Å². The van der Waals surface area contributed by atoms with Gasteiger partial charge in [0.05, 0.1) is 6.10 Å². The highest BCUT2D eigenvalue weighted by Gasteiger charge is 2.16. The standard InChI is InChI=1S/C5H9ClO4/c6-2-3(7)1-4(8)5(9)10/h3-4,7-8H,1-2H2,(H,9,10). The van der Waals surface area contributed by atoms with E-state index in [1.54, 1.807) is 0 Å². The van der Waals surface area contributed by atoms with Gasteiger partial charge in [-0.05, 0) is 0 Å². The third-order valence-electron chi connectivity index (χ3n) is 0.959. The van der Waals surface area contributed by atoms with Crippen molar-refractivity contribution in [3.8, 4) is 0 Å². The van der Waals surface area contributed by atoms with Crippen molar-refractivity contribution in [2.45, 2.75) is 18.6 Å². The molecule has 3 N–H and O–H groups in total. The van der Waals surface area contributed by atoms with Crippen LogP contribution in [-0.4, -0.2) is 39.4 Å². The Labute approximate surface area is 63.0 Å². The summed E-state index contributed by atoms with van der Waals surface area (Å²) in [6.07, 6.45) is -2.69. The van der Waals surface area contributed by atoms with Gasteiger partial charge in [0.2, 0.25) is 0 Å². The molecule has 0 radical (unpaired) electrons. The number of carboxylic acids is 1. The zero-order valence-electron chi connectivity index (χ0n) is 5.20. The van der Waals surface area contributed by atoms with Crippen LogP contribution in [0.4, 0.5) is 0 Å². The van der Waals surface area contributed by atoms with E-state index in [4.69, 9.17) is 26.9 Å². The van der Waals surface area contributed by atoms with E-state index >= 15 is 0 Å². The number of aliphatic hydroxyl groups is 2. The monoisotopic (exact) mass is 168 g/mol. The number of alkyl halides is 1. The van der Waals surface area contributed by atoms with Gasteiger partial charge in [-0.2, -0.15) is 0 Å². The van der Waals surface area contributed by atoms with Crippen LogP contribution in [0, 0.1) is 0 Å². The first-order valence-corrected chi connectivity index (χ1v) is 3.26. The normalized spacial score (nSPS) is 16.3. The molecule has 0 aromatic heterocycles. The van der Waals surface area contributed by atoms with Crippen molar-refractivity contribution in [1.29, 1.82) is 0 Å². The molecule has 0 aliphatic rings. The van der Waals surface area contributed by atoms with Crippen molar-refractivity contribution in [2.24, 2.45) is 0 Å². The molecule has 0 aromatic rings. The van der Waals surface area contributed by atoms with Gasteiger partial charge in [-0.1, -0.05) is 0 Å². The molecule has 0 saturated carbocycles. The molecule has 5 heteroatoms. The second-order valence-corrected chi connectivity index (χ2v) is 2.21. The van der Waals surface area contributed by atoms with Crippen molar-refractivity contribution in [1.82, 2.24) is 0 Å². The SMILES string of the molecule is O=C(O)C(O)CC(O)CCl. The van der Waals surface area contributed by atoms with Gasteiger partial charge in [-0.15, -0.1) is 11.6 Å². The molecule has 0 aromatic carbocycles. The molecule has 0 aliphatic carbocycles. The lowest BCUT2D eigenvalue weighted by Crippen LogP contribution is -2.26. The molecule has 4 nitrogen and oxygen atoms in total. The molecule has 0 amide bonds. The average Bonchev–Trinajstić information content (AvgIpc) is 1.87. The van der Waals surface area contributed by atoms with Crippen LogP contribution in [0.15, 0.2) is 0 Å². The van der Waals surface area contributed by atoms with Crippen LogP contribution in [0.2, 0.25) is 0 Å². The topological polar surface area (TPSA) is 77.8 Å². The molecule has 0 spiro atoms. The first kappa shape index (κ1) is 9.68. The van der Waals surface area contributed by atoms with Crippen molar-refractivity contribution in [3.05, 3.63) is 0 Å². The summed E-state index contributed by atoms with van der Waals surface area (Å²) < 4.78 is 0. The third kappa shape index (κ3) is 3.66. The van der Waals surface area contributed by atoms with Crippen molar-refractivity contribution >= 4 is 17.6 Å². The Morgan fingerprint density at radius 3 is 2.30 bits per heavy atom. The zero-order valence-corrected chi connectivity index (χ0v) is 5.95. The number of carboxylic acid groups (broad SMARTS) is 1. The second kappa shape index (κ2) is 4.49. The van der Waals surface area contributed by atoms with E-state index in [0.717, 1.165) is 0 Å². The van der Waals surface area contributed by atoms with Crippen LogP contribution in [0.5, 0.6) is 0 Å². The van der Waals surface area contributed by atoms with Gasteiger partial charge in [0.1, 0.15) is 0 Å². The van der Waals surface area contributed by atoms with E-state index in [1.807, 2.05) is 0 Å². The molecule has 0 saturated heterocycles. The number of carbonyl (C=O) groups is 1. The predicted molar refractivity (Wildman–Crippen MR) is 35.0 cm³/mol. The number of halogens is 1. The maximum Gasteiger partial charge on any atom is 0.332 e. The second-order valence-electron chi connectivity index (χ2n) is 1.90. The Morgan fingerprint density at radius 2 is 2.00 bits per heavy atom. The fourth-order valence-electron chi connectivity index (χ4n) is 0.422. The summed E-state index contributed by atoms with van der Waals surface area (Å²) >= 11 is 5.15. The molecule has 60 valence electrons. The van der Waals surface area contributed by atoms with E-state index < -0.39 is 18.2 Å². The lowest BCUT2D eigenvalue weighted by Gasteiger charge is -2.08. The molecule has 2 atom stereocenters. The van der Waals surface area contributed by atoms with Crippen LogP contribution in [0.25, 0.3) is 0 Å². The van der Waals surface area contributed by atoms with Gasteiger partial charge in [0.25, 0.3) is 0 Å². The Morgan fingerprint density at radius 1 is 1.50 bits per heavy atom. The van der Waals surface area contributed by atoms with Crippen molar-refractivity contribution in [3.63, 3.8) is 0 Å². The highest BCUT2D eigenvalue weighted by molar-refractivity contribution is 6.18. The first-order chi connectivity index (χ1) is 4.57. The average molecular weight is 169 g/mol. The lowest BCUT2D eigenvalue weighted by molar-refractivity contribution is -0.148. The first-order valence-electron chi connectivity index (χ1n) is 2.72. The maximum absolute atomic E-state index is 9.95. The van der Waals surface area contributed by atoms with E-state index in [9.17, 15) is 4.79 Å². The van der Waals surface area contributed by atoms with Crippen LogP contribution in [0.1, 0.15) is 6.42 Å². The van der Waals surface area contributed by atoms with E-state index in [1.165, 1.54) is 0 Å². The fourth-order valence-corrected chi connectivity index (χ4v) is 0.548. The van der Waals surface area contributed by atoms with Crippen LogP contribution in [-0.2, 0) is 4.79 Å². The van der Waals surface area contributed by atoms with E-state index in [0.29, 0.717) is 0 Å². The third-order valence-corrected chi connectivity index (χ3v) is 1.31. The molecule has 0 rings (SSSR count). The van der Waals surface area contributed by atoms with Gasteiger partial charge >= 0.3 is 5.97 Å². The predicted octanol–water partition coefficient (Wildman–Crippen LogP) is -0.578. The Bertz CT molecular complexity index is 116. The van der Waals surface area contributed by atoms with Crippen molar-refractivity contribution in [2.75, 3.05) is 5.88 Å². The Kier molecular flexibility index (Phi) is 4.34. The minimum absolute atomic E-state index is 0.0651. The summed E-state index contributed by atoms with van der Waals surface area (Å²) in [4.78, 5) is 9.95. The van der Waals surface area contributed by atoms with Gasteiger partial charge in [0, 0.05) is 12.3 Å². The molecule has 2 unspecified atom stereocenters. The van der Waals surface area contributed by atoms with Gasteiger partial charge in [0.15, 0.2) is 6.10 Å². The number of hydrogen-bond acceptors (Lipinski definition) is 3. The van der Waals surface area contributed by atoms with Crippen LogP contribution < -0.4 is 0 Å². The zero-order chi connectivity index (χ0) is 8.15. The summed E-state index contributed by atoms with van der Waals surface area (Å²) in [6, 6.07) is 0. The summed E-state index contributed by atoms with van der Waals surface area (Å²) in [5.41, 5.74) is 0.